The van der Waals surface area contributed by atoms with E-state index in [4.69, 9.17) is 5.11 Å². The summed E-state index contributed by atoms with van der Waals surface area (Å²) >= 11 is 0. The molecule has 0 amide bonds. The average molecular weight is 269 g/mol. The maximum Gasteiger partial charge on any atom is 0.124 e. The van der Waals surface area contributed by atoms with Crippen LogP contribution in [0.4, 0.5) is 0 Å². The maximum absolute atomic E-state index is 10.7. The van der Waals surface area contributed by atoms with Gasteiger partial charge in [-0.15, -0.1) is 0 Å². The van der Waals surface area contributed by atoms with Gasteiger partial charge >= 0.3 is 0 Å². The molecule has 0 unspecified atom stereocenters. The summed E-state index contributed by atoms with van der Waals surface area (Å²) in [5, 5.41) is 9.48. The summed E-state index contributed by atoms with van der Waals surface area (Å²) in [6.45, 7) is 0.833. The van der Waals surface area contributed by atoms with E-state index in [0.717, 1.165) is 10.8 Å². The van der Waals surface area contributed by atoms with Gasteiger partial charge in [-0.1, -0.05) is 30.3 Å². The average Bonchev–Trinajstić information content (AvgIpc) is 2.37. The van der Waals surface area contributed by atoms with Crippen molar-refractivity contribution in [2.75, 3.05) is 13.2 Å². The second kappa shape index (κ2) is 6.46. The molecule has 4 N–H and O–H groups in total. The van der Waals surface area contributed by atoms with Crippen LogP contribution in [0.25, 0.3) is 10.8 Å². The van der Waals surface area contributed by atoms with Crippen molar-refractivity contribution < 1.29 is 23.8 Å². The van der Waals surface area contributed by atoms with Crippen LogP contribution < -0.4 is 5.73 Å². The lowest BCUT2D eigenvalue weighted by Gasteiger charge is -2.07. The molecule has 5 nitrogen and oxygen atoms in total. The molecule has 0 saturated carbocycles. The number of benzene rings is 2. The highest BCUT2D eigenvalue weighted by Gasteiger charge is 2.01. The molecule has 0 bridgehead atoms. The summed E-state index contributed by atoms with van der Waals surface area (Å²) in [6, 6.07) is 11.6. The Morgan fingerprint density at radius 1 is 1.11 bits per heavy atom. The Morgan fingerprint density at radius 2 is 1.67 bits per heavy atom. The van der Waals surface area contributed by atoms with Crippen LogP contribution in [0.1, 0.15) is 0 Å². The Kier molecular flexibility index (Phi) is 5.24. The molecule has 18 heavy (non-hydrogen) atoms. The third kappa shape index (κ3) is 4.08. The lowest BCUT2D eigenvalue weighted by Crippen LogP contribution is -2.51. The normalized spacial score (nSPS) is 10.8. The number of hydrogen-bond acceptors (Lipinski definition) is 4. The lowest BCUT2D eigenvalue weighted by molar-refractivity contribution is -0.372. The van der Waals surface area contributed by atoms with Crippen LogP contribution in [0.2, 0.25) is 0 Å². The first-order valence-electron chi connectivity index (χ1n) is 5.34. The molecule has 0 aromatic heterocycles. The van der Waals surface area contributed by atoms with Crippen molar-refractivity contribution >= 4 is 20.9 Å². The molecule has 0 saturated heterocycles. The van der Waals surface area contributed by atoms with Gasteiger partial charge in [-0.25, -0.2) is 8.42 Å². The molecule has 0 atom stereocenters. The van der Waals surface area contributed by atoms with Crippen molar-refractivity contribution in [2.45, 2.75) is 4.90 Å². The van der Waals surface area contributed by atoms with Gasteiger partial charge in [0.25, 0.3) is 0 Å². The summed E-state index contributed by atoms with van der Waals surface area (Å²) in [6.07, 6.45) is 0. The topological polar surface area (TPSA) is 105 Å². The summed E-state index contributed by atoms with van der Waals surface area (Å²) in [4.78, 5) is -0.184. The molecule has 0 spiro atoms. The quantitative estimate of drug-likeness (QED) is 0.746. The van der Waals surface area contributed by atoms with Gasteiger partial charge in [0.1, 0.15) is 10.1 Å². The van der Waals surface area contributed by atoms with Crippen LogP contribution in [0, 0.1) is 0 Å². The Balaban J connectivity index is 0.000000357. The largest absolute Gasteiger partial charge is 0.744 e. The number of aliphatic hydroxyl groups excluding tert-OH is 1. The van der Waals surface area contributed by atoms with Crippen molar-refractivity contribution in [3.05, 3.63) is 42.5 Å². The third-order valence-electron chi connectivity index (χ3n) is 2.17. The highest BCUT2D eigenvalue weighted by Crippen LogP contribution is 2.18. The predicted octanol–water partition coefficient (Wildman–Crippen LogP) is -0.0355. The molecule has 98 valence electrons. The zero-order valence-corrected chi connectivity index (χ0v) is 10.6. The smallest absolute Gasteiger partial charge is 0.124 e. The molecule has 0 fully saturated rings. The summed E-state index contributed by atoms with van der Waals surface area (Å²) < 4.78 is 32.2. The fraction of sp³-hybridized carbons (Fsp3) is 0.167. The first-order chi connectivity index (χ1) is 8.49. The van der Waals surface area contributed by atoms with Gasteiger partial charge in [-0.3, -0.25) is 0 Å². The predicted molar refractivity (Wildman–Crippen MR) is 66.8 cm³/mol. The number of rotatable bonds is 2. The van der Waals surface area contributed by atoms with Gasteiger partial charge in [-0.05, 0) is 22.9 Å². The standard InChI is InChI=1S/C10H8O3S.C2H7NO/c11-14(12,13)10-6-5-8-3-1-2-4-9(8)7-10;3-1-2-4/h1-7H,(H,11,12,13);4H,1-3H2. The Morgan fingerprint density at radius 3 is 2.17 bits per heavy atom. The summed E-state index contributed by atoms with van der Waals surface area (Å²) in [5.74, 6) is 0. The van der Waals surface area contributed by atoms with Crippen LogP contribution in [0.3, 0.4) is 0 Å². The van der Waals surface area contributed by atoms with E-state index in [9.17, 15) is 13.0 Å². The minimum absolute atomic E-state index is 0.184. The minimum Gasteiger partial charge on any atom is -0.744 e. The highest BCUT2D eigenvalue weighted by atomic mass is 32.2. The zero-order chi connectivity index (χ0) is 13.6. The third-order valence-corrected chi connectivity index (χ3v) is 3.00. The molecule has 0 aliphatic heterocycles. The molecule has 2 aromatic carbocycles. The molecular formula is C12H15NO4S. The zero-order valence-electron chi connectivity index (χ0n) is 9.74. The number of quaternary nitrogens is 1. The molecule has 0 aliphatic rings. The van der Waals surface area contributed by atoms with Crippen molar-refractivity contribution in [1.29, 1.82) is 0 Å². The fourth-order valence-electron chi connectivity index (χ4n) is 1.32. The van der Waals surface area contributed by atoms with Gasteiger partial charge in [-0.2, -0.15) is 0 Å². The van der Waals surface area contributed by atoms with Crippen LogP contribution in [0.15, 0.2) is 47.4 Å². The van der Waals surface area contributed by atoms with E-state index in [0.29, 0.717) is 6.54 Å². The summed E-state index contributed by atoms with van der Waals surface area (Å²) in [5.41, 5.74) is 3.35. The highest BCUT2D eigenvalue weighted by molar-refractivity contribution is 7.85. The first-order valence-corrected chi connectivity index (χ1v) is 6.74. The number of hydrogen-bond donors (Lipinski definition) is 2. The van der Waals surface area contributed by atoms with Crippen LogP contribution in [-0.2, 0) is 10.1 Å². The van der Waals surface area contributed by atoms with E-state index >= 15 is 0 Å². The van der Waals surface area contributed by atoms with Gasteiger partial charge < -0.3 is 15.4 Å². The van der Waals surface area contributed by atoms with E-state index in [1.54, 1.807) is 18.2 Å². The second-order valence-electron chi connectivity index (χ2n) is 3.54. The van der Waals surface area contributed by atoms with Crippen molar-refractivity contribution in [3.8, 4) is 0 Å². The molecule has 0 heterocycles. The summed E-state index contributed by atoms with van der Waals surface area (Å²) in [7, 11) is -4.34. The fourth-order valence-corrected chi connectivity index (χ4v) is 1.83. The van der Waals surface area contributed by atoms with Crippen molar-refractivity contribution in [1.82, 2.24) is 0 Å². The molecule has 0 radical (unpaired) electrons. The number of aliphatic hydroxyl groups is 1. The molecule has 2 aromatic rings. The van der Waals surface area contributed by atoms with E-state index < -0.39 is 10.1 Å². The Bertz CT molecular complexity index is 608. The molecular weight excluding hydrogens is 254 g/mol. The van der Waals surface area contributed by atoms with Crippen LogP contribution >= 0.6 is 0 Å². The van der Waals surface area contributed by atoms with E-state index in [1.165, 1.54) is 12.1 Å². The van der Waals surface area contributed by atoms with Crippen molar-refractivity contribution in [3.63, 3.8) is 0 Å². The van der Waals surface area contributed by atoms with E-state index in [1.807, 2.05) is 12.1 Å². The van der Waals surface area contributed by atoms with Gasteiger partial charge in [0.2, 0.25) is 0 Å². The second-order valence-corrected chi connectivity index (χ2v) is 4.92. The lowest BCUT2D eigenvalue weighted by atomic mass is 10.1. The minimum atomic E-state index is -4.34. The maximum atomic E-state index is 10.7. The van der Waals surface area contributed by atoms with Crippen LogP contribution in [-0.4, -0.2) is 31.2 Å². The van der Waals surface area contributed by atoms with E-state index in [2.05, 4.69) is 5.73 Å². The van der Waals surface area contributed by atoms with Gasteiger partial charge in [0, 0.05) is 0 Å². The Hall–Kier alpha value is -1.47. The molecule has 0 aliphatic carbocycles. The number of fused-ring (bicyclic) bond motifs is 1. The first kappa shape index (κ1) is 14.6. The Labute approximate surface area is 106 Å². The van der Waals surface area contributed by atoms with Crippen LogP contribution in [0.5, 0.6) is 0 Å². The molecule has 2 rings (SSSR count). The SMILES string of the molecule is O=S(=O)([O-])c1ccc2ccccc2c1.[NH3+]CCO. The van der Waals surface area contributed by atoms with Gasteiger partial charge in [0.15, 0.2) is 0 Å². The molecule has 6 heteroatoms. The van der Waals surface area contributed by atoms with E-state index in [-0.39, 0.29) is 11.5 Å². The van der Waals surface area contributed by atoms with Crippen molar-refractivity contribution in [2.24, 2.45) is 0 Å². The van der Waals surface area contributed by atoms with Gasteiger partial charge in [0.05, 0.1) is 18.0 Å². The monoisotopic (exact) mass is 269 g/mol.